The molecule has 1 saturated heterocycles. The van der Waals surface area contributed by atoms with E-state index in [1.807, 2.05) is 29.1 Å². The lowest BCUT2D eigenvalue weighted by molar-refractivity contribution is 0.0822. The van der Waals surface area contributed by atoms with Crippen LogP contribution in [0.4, 0.5) is 0 Å². The maximum atomic E-state index is 12.9. The highest BCUT2D eigenvalue weighted by atomic mass is 16.1. The van der Waals surface area contributed by atoms with Gasteiger partial charge in [-0.05, 0) is 50.3 Å². The fraction of sp³-hybridized carbons (Fsp3) is 0.474. The molecule has 0 saturated carbocycles. The molecule has 1 atom stereocenters. The second-order valence-corrected chi connectivity index (χ2v) is 7.08. The molecule has 0 bridgehead atoms. The Morgan fingerprint density at radius 3 is 2.65 bits per heavy atom. The monoisotopic (exact) mass is 309 g/mol. The molecule has 1 spiro atoms. The average molecular weight is 309 g/mol. The molecule has 1 aliphatic heterocycles. The molecule has 1 aromatic heterocycles. The van der Waals surface area contributed by atoms with Crippen LogP contribution < -0.4 is 5.32 Å². The Morgan fingerprint density at radius 1 is 1.17 bits per heavy atom. The normalized spacial score (nSPS) is 21.2. The van der Waals surface area contributed by atoms with Crippen molar-refractivity contribution in [2.24, 2.45) is 5.41 Å². The molecular formula is C19H23N3O. The summed E-state index contributed by atoms with van der Waals surface area (Å²) in [6.07, 6.45) is 5.79. The van der Waals surface area contributed by atoms with E-state index in [-0.39, 0.29) is 17.2 Å². The van der Waals surface area contributed by atoms with Crippen molar-refractivity contribution in [2.75, 3.05) is 13.1 Å². The summed E-state index contributed by atoms with van der Waals surface area (Å²) >= 11 is 0. The summed E-state index contributed by atoms with van der Waals surface area (Å²) in [5.41, 5.74) is 3.34. The Hall–Kier alpha value is -1.94. The van der Waals surface area contributed by atoms with E-state index in [1.165, 1.54) is 5.56 Å². The molecule has 0 amide bonds. The minimum absolute atomic E-state index is 0.0889. The lowest BCUT2D eigenvalue weighted by atomic mass is 9.67. The standard InChI is InChI=1S/C19H23N3O/c1-14(15-5-3-2-4-6-15)22-18-16(13-21-22)11-19(12-17(18)23)7-9-20-10-8-19/h2-6,13-14,20H,7-12H2,1H3. The summed E-state index contributed by atoms with van der Waals surface area (Å²) in [6.45, 7) is 4.17. The summed E-state index contributed by atoms with van der Waals surface area (Å²) in [4.78, 5) is 12.9. The van der Waals surface area contributed by atoms with Gasteiger partial charge in [-0.15, -0.1) is 0 Å². The summed E-state index contributed by atoms with van der Waals surface area (Å²) in [7, 11) is 0. The average Bonchev–Trinajstić information content (AvgIpc) is 2.99. The third-order valence-electron chi connectivity index (χ3n) is 5.55. The molecule has 2 heterocycles. The van der Waals surface area contributed by atoms with Gasteiger partial charge in [-0.1, -0.05) is 30.3 Å². The van der Waals surface area contributed by atoms with Gasteiger partial charge in [0.1, 0.15) is 5.69 Å². The van der Waals surface area contributed by atoms with Crippen molar-refractivity contribution >= 4 is 5.78 Å². The van der Waals surface area contributed by atoms with Crippen molar-refractivity contribution in [1.29, 1.82) is 0 Å². The Bertz CT molecular complexity index is 713. The number of carbonyl (C=O) groups is 1. The van der Waals surface area contributed by atoms with E-state index < -0.39 is 0 Å². The zero-order valence-electron chi connectivity index (χ0n) is 13.6. The van der Waals surface area contributed by atoms with Crippen LogP contribution in [0.25, 0.3) is 0 Å². The van der Waals surface area contributed by atoms with Crippen LogP contribution in [0.5, 0.6) is 0 Å². The highest BCUT2D eigenvalue weighted by Crippen LogP contribution is 2.42. The van der Waals surface area contributed by atoms with E-state index in [9.17, 15) is 4.79 Å². The van der Waals surface area contributed by atoms with Gasteiger partial charge in [-0.3, -0.25) is 9.48 Å². The Morgan fingerprint density at radius 2 is 1.91 bits per heavy atom. The van der Waals surface area contributed by atoms with Gasteiger partial charge in [0.2, 0.25) is 0 Å². The SMILES string of the molecule is CC(c1ccccc1)n1ncc2c1C(=O)CC1(CCNCC1)C2. The molecule has 1 aromatic carbocycles. The van der Waals surface area contributed by atoms with Crippen LogP contribution in [-0.4, -0.2) is 28.7 Å². The van der Waals surface area contributed by atoms with Crippen LogP contribution in [0.1, 0.15) is 53.8 Å². The number of hydrogen-bond acceptors (Lipinski definition) is 3. The first-order chi connectivity index (χ1) is 11.2. The summed E-state index contributed by atoms with van der Waals surface area (Å²) in [6, 6.07) is 10.4. The van der Waals surface area contributed by atoms with Gasteiger partial charge in [0.25, 0.3) is 0 Å². The topological polar surface area (TPSA) is 46.9 Å². The Labute approximate surface area is 136 Å². The molecule has 23 heavy (non-hydrogen) atoms. The number of nitrogens with zero attached hydrogens (tertiary/aromatic N) is 2. The summed E-state index contributed by atoms with van der Waals surface area (Å²) in [5.74, 6) is 0.272. The lowest BCUT2D eigenvalue weighted by Gasteiger charge is -2.40. The van der Waals surface area contributed by atoms with E-state index in [0.29, 0.717) is 6.42 Å². The highest BCUT2D eigenvalue weighted by molar-refractivity contribution is 5.97. The van der Waals surface area contributed by atoms with Crippen LogP contribution in [0.15, 0.2) is 36.5 Å². The van der Waals surface area contributed by atoms with Gasteiger partial charge < -0.3 is 5.32 Å². The van der Waals surface area contributed by atoms with Gasteiger partial charge in [0.15, 0.2) is 5.78 Å². The van der Waals surface area contributed by atoms with E-state index in [2.05, 4.69) is 29.5 Å². The smallest absolute Gasteiger partial charge is 0.181 e. The molecule has 120 valence electrons. The fourth-order valence-corrected chi connectivity index (χ4v) is 4.20. The van der Waals surface area contributed by atoms with Gasteiger partial charge in [-0.2, -0.15) is 5.10 Å². The molecule has 2 aromatic rings. The molecule has 4 heteroatoms. The number of Topliss-reactive ketones (excluding diaryl/α,β-unsaturated/α-hetero) is 1. The zero-order chi connectivity index (χ0) is 15.9. The van der Waals surface area contributed by atoms with Crippen molar-refractivity contribution in [3.05, 3.63) is 53.3 Å². The predicted molar refractivity (Wildman–Crippen MR) is 89.7 cm³/mol. The summed E-state index contributed by atoms with van der Waals surface area (Å²) in [5, 5.41) is 7.99. The first kappa shape index (κ1) is 14.6. The number of rotatable bonds is 2. The van der Waals surface area contributed by atoms with Crippen LogP contribution >= 0.6 is 0 Å². The van der Waals surface area contributed by atoms with Crippen molar-refractivity contribution in [3.8, 4) is 0 Å². The highest BCUT2D eigenvalue weighted by Gasteiger charge is 2.41. The minimum Gasteiger partial charge on any atom is -0.317 e. The van der Waals surface area contributed by atoms with Gasteiger partial charge >= 0.3 is 0 Å². The van der Waals surface area contributed by atoms with Crippen LogP contribution in [0.3, 0.4) is 0 Å². The van der Waals surface area contributed by atoms with E-state index in [1.54, 1.807) is 0 Å². The lowest BCUT2D eigenvalue weighted by Crippen LogP contribution is -2.42. The molecule has 2 aliphatic rings. The van der Waals surface area contributed by atoms with E-state index in [0.717, 1.165) is 43.6 Å². The number of ketones is 1. The number of nitrogens with one attached hydrogen (secondary N) is 1. The minimum atomic E-state index is 0.0889. The molecule has 1 aliphatic carbocycles. The number of carbonyl (C=O) groups excluding carboxylic acids is 1. The Balaban J connectivity index is 1.68. The van der Waals surface area contributed by atoms with Crippen molar-refractivity contribution < 1.29 is 4.79 Å². The number of benzene rings is 1. The molecule has 4 nitrogen and oxygen atoms in total. The maximum Gasteiger partial charge on any atom is 0.181 e. The van der Waals surface area contributed by atoms with Gasteiger partial charge in [0, 0.05) is 12.0 Å². The first-order valence-electron chi connectivity index (χ1n) is 8.54. The third kappa shape index (κ3) is 2.51. The number of piperidine rings is 1. The quantitative estimate of drug-likeness (QED) is 0.927. The maximum absolute atomic E-state index is 12.9. The molecule has 0 radical (unpaired) electrons. The fourth-order valence-electron chi connectivity index (χ4n) is 4.20. The largest absolute Gasteiger partial charge is 0.317 e. The van der Waals surface area contributed by atoms with Crippen LogP contribution in [-0.2, 0) is 6.42 Å². The molecule has 1 unspecified atom stereocenters. The number of aromatic nitrogens is 2. The van der Waals surface area contributed by atoms with Crippen molar-refractivity contribution in [2.45, 2.75) is 38.6 Å². The third-order valence-corrected chi connectivity index (χ3v) is 5.55. The summed E-state index contributed by atoms with van der Waals surface area (Å²) < 4.78 is 1.93. The Kier molecular flexibility index (Phi) is 3.57. The number of fused-ring (bicyclic) bond motifs is 1. The van der Waals surface area contributed by atoms with Crippen LogP contribution in [0.2, 0.25) is 0 Å². The van der Waals surface area contributed by atoms with Crippen LogP contribution in [0, 0.1) is 5.41 Å². The number of hydrogen-bond donors (Lipinski definition) is 1. The second kappa shape index (κ2) is 5.60. The van der Waals surface area contributed by atoms with Gasteiger partial charge in [0.05, 0.1) is 12.2 Å². The first-order valence-corrected chi connectivity index (χ1v) is 8.54. The zero-order valence-corrected chi connectivity index (χ0v) is 13.6. The molecule has 4 rings (SSSR count). The van der Waals surface area contributed by atoms with E-state index >= 15 is 0 Å². The van der Waals surface area contributed by atoms with Crippen molar-refractivity contribution in [3.63, 3.8) is 0 Å². The predicted octanol–water partition coefficient (Wildman–Crippen LogP) is 2.99. The molecule has 1 fully saturated rings. The molecular weight excluding hydrogens is 286 g/mol. The van der Waals surface area contributed by atoms with Gasteiger partial charge in [-0.25, -0.2) is 0 Å². The van der Waals surface area contributed by atoms with E-state index in [4.69, 9.17) is 0 Å². The second-order valence-electron chi connectivity index (χ2n) is 7.08. The van der Waals surface area contributed by atoms with Crippen molar-refractivity contribution in [1.82, 2.24) is 15.1 Å². The molecule has 1 N–H and O–H groups in total.